The molecule has 0 aromatic heterocycles. The van der Waals surface area contributed by atoms with Crippen LogP contribution in [0.15, 0.2) is 71.6 Å². The minimum atomic E-state index is -4.28. The number of hydrogen-bond donors (Lipinski definition) is 1. The van der Waals surface area contributed by atoms with Crippen molar-refractivity contribution in [2.24, 2.45) is 0 Å². The molecule has 1 N–H and O–H groups in total. The Morgan fingerprint density at radius 2 is 1.67 bits per heavy atom. The van der Waals surface area contributed by atoms with E-state index in [9.17, 15) is 18.0 Å². The van der Waals surface area contributed by atoms with E-state index in [2.05, 4.69) is 5.32 Å². The molecular formula is C31H38ClN3O6S. The van der Waals surface area contributed by atoms with Crippen molar-refractivity contribution in [2.45, 2.75) is 51.1 Å². The third kappa shape index (κ3) is 7.74. The van der Waals surface area contributed by atoms with E-state index >= 15 is 0 Å². The van der Waals surface area contributed by atoms with Gasteiger partial charge in [0.05, 0.1) is 24.8 Å². The van der Waals surface area contributed by atoms with Crippen LogP contribution in [0.1, 0.15) is 37.8 Å². The van der Waals surface area contributed by atoms with E-state index in [1.165, 1.54) is 37.3 Å². The highest BCUT2D eigenvalue weighted by Gasteiger charge is 2.35. The average molecular weight is 616 g/mol. The first-order valence-corrected chi connectivity index (χ1v) is 15.5. The molecule has 0 radical (unpaired) electrons. The topological polar surface area (TPSA) is 105 Å². The Balaban J connectivity index is 2.15. The number of amides is 2. The van der Waals surface area contributed by atoms with Crippen molar-refractivity contribution in [1.82, 2.24) is 10.2 Å². The molecular weight excluding hydrogens is 578 g/mol. The summed E-state index contributed by atoms with van der Waals surface area (Å²) in [5, 5.41) is 3.29. The lowest BCUT2D eigenvalue weighted by Gasteiger charge is -2.33. The first kappa shape index (κ1) is 32.8. The van der Waals surface area contributed by atoms with Crippen molar-refractivity contribution in [1.29, 1.82) is 0 Å². The summed E-state index contributed by atoms with van der Waals surface area (Å²) in [6.45, 7) is 5.42. The van der Waals surface area contributed by atoms with Gasteiger partial charge in [-0.2, -0.15) is 0 Å². The lowest BCUT2D eigenvalue weighted by atomic mass is 10.1. The molecule has 226 valence electrons. The first-order valence-electron chi connectivity index (χ1n) is 13.7. The fraction of sp³-hybridized carbons (Fsp3) is 0.355. The summed E-state index contributed by atoms with van der Waals surface area (Å²) in [5.41, 5.74) is 1.62. The standard InChI is InChI=1S/C31H38ClN3O6S/c1-6-18-33-31(37)27(7-2)34(20-23-10-8-9-11-26(23)32)30(36)21-35(28-19-24(40-4)14-17-29(28)41-5)42(38,39)25-15-12-22(3)13-16-25/h8-17,19,27H,6-7,18,20-21H2,1-5H3,(H,33,37)/t27-/m0/s1. The molecule has 9 nitrogen and oxygen atoms in total. The molecule has 0 spiro atoms. The number of carbonyl (C=O) groups excluding carboxylic acids is 2. The molecule has 0 bridgehead atoms. The number of rotatable bonds is 14. The Bertz CT molecular complexity index is 1480. The lowest BCUT2D eigenvalue weighted by molar-refractivity contribution is -0.140. The van der Waals surface area contributed by atoms with Crippen LogP contribution in [-0.2, 0) is 26.2 Å². The molecule has 0 heterocycles. The second kappa shape index (κ2) is 14.9. The Labute approximate surface area is 253 Å². The molecule has 0 aliphatic carbocycles. The fourth-order valence-corrected chi connectivity index (χ4v) is 6.05. The molecule has 1 atom stereocenters. The monoisotopic (exact) mass is 615 g/mol. The zero-order chi connectivity index (χ0) is 30.9. The quantitative estimate of drug-likeness (QED) is 0.267. The van der Waals surface area contributed by atoms with Gasteiger partial charge in [0.25, 0.3) is 10.0 Å². The highest BCUT2D eigenvalue weighted by molar-refractivity contribution is 7.92. The van der Waals surface area contributed by atoms with Crippen molar-refractivity contribution in [3.63, 3.8) is 0 Å². The molecule has 2 amide bonds. The lowest BCUT2D eigenvalue weighted by Crippen LogP contribution is -2.52. The highest BCUT2D eigenvalue weighted by atomic mass is 35.5. The van der Waals surface area contributed by atoms with Crippen molar-refractivity contribution in [3.05, 3.63) is 82.9 Å². The van der Waals surface area contributed by atoms with Gasteiger partial charge in [-0.25, -0.2) is 8.42 Å². The van der Waals surface area contributed by atoms with Crippen molar-refractivity contribution in [3.8, 4) is 11.5 Å². The number of methoxy groups -OCH3 is 2. The normalized spacial score (nSPS) is 11.9. The van der Waals surface area contributed by atoms with Gasteiger partial charge in [-0.05, 0) is 55.7 Å². The van der Waals surface area contributed by atoms with Gasteiger partial charge in [-0.15, -0.1) is 0 Å². The number of ether oxygens (including phenoxy) is 2. The largest absolute Gasteiger partial charge is 0.497 e. The second-order valence-corrected chi connectivity index (χ2v) is 12.0. The van der Waals surface area contributed by atoms with Crippen LogP contribution in [-0.4, -0.2) is 58.5 Å². The molecule has 0 fully saturated rings. The van der Waals surface area contributed by atoms with E-state index in [1.807, 2.05) is 13.8 Å². The smallest absolute Gasteiger partial charge is 0.264 e. The molecule has 0 unspecified atom stereocenters. The van der Waals surface area contributed by atoms with Gasteiger partial charge < -0.3 is 19.7 Å². The Morgan fingerprint density at radius 1 is 0.976 bits per heavy atom. The van der Waals surface area contributed by atoms with Crippen molar-refractivity contribution in [2.75, 3.05) is 31.6 Å². The zero-order valence-electron chi connectivity index (χ0n) is 24.6. The van der Waals surface area contributed by atoms with Crippen LogP contribution in [0.2, 0.25) is 5.02 Å². The molecule has 0 saturated heterocycles. The van der Waals surface area contributed by atoms with Gasteiger partial charge >= 0.3 is 0 Å². The van der Waals surface area contributed by atoms with E-state index in [0.717, 1.165) is 16.3 Å². The molecule has 42 heavy (non-hydrogen) atoms. The van der Waals surface area contributed by atoms with E-state index < -0.39 is 28.5 Å². The number of carbonyl (C=O) groups is 2. The zero-order valence-corrected chi connectivity index (χ0v) is 26.2. The number of nitrogens with one attached hydrogen (secondary N) is 1. The Morgan fingerprint density at radius 3 is 2.26 bits per heavy atom. The first-order chi connectivity index (χ1) is 20.1. The van der Waals surface area contributed by atoms with Gasteiger partial charge in [0.2, 0.25) is 11.8 Å². The molecule has 3 rings (SSSR count). The SMILES string of the molecule is CCCNC(=O)[C@H](CC)N(Cc1ccccc1Cl)C(=O)CN(c1cc(OC)ccc1OC)S(=O)(=O)c1ccc(C)cc1. The van der Waals surface area contributed by atoms with E-state index in [-0.39, 0.29) is 28.8 Å². The summed E-state index contributed by atoms with van der Waals surface area (Å²) in [7, 11) is -1.41. The fourth-order valence-electron chi connectivity index (χ4n) is 4.44. The third-order valence-electron chi connectivity index (χ3n) is 6.78. The summed E-state index contributed by atoms with van der Waals surface area (Å²) in [6, 6.07) is 17.2. The molecule has 0 aliphatic rings. The molecule has 3 aromatic rings. The number of aryl methyl sites for hydroxylation is 1. The van der Waals surface area contributed by atoms with E-state index in [4.69, 9.17) is 21.1 Å². The summed E-state index contributed by atoms with van der Waals surface area (Å²) in [5.74, 6) is -0.314. The van der Waals surface area contributed by atoms with Crippen LogP contribution < -0.4 is 19.1 Å². The number of benzene rings is 3. The van der Waals surface area contributed by atoms with E-state index in [1.54, 1.807) is 55.5 Å². The minimum absolute atomic E-state index is 0.00356. The van der Waals surface area contributed by atoms with Crippen LogP contribution in [0.25, 0.3) is 0 Å². The average Bonchev–Trinajstić information content (AvgIpc) is 2.99. The second-order valence-electron chi connectivity index (χ2n) is 9.69. The molecule has 0 aliphatic heterocycles. The maximum atomic E-state index is 14.2. The summed E-state index contributed by atoms with van der Waals surface area (Å²) in [6.07, 6.45) is 1.03. The van der Waals surface area contributed by atoms with E-state index in [0.29, 0.717) is 29.3 Å². The van der Waals surface area contributed by atoms with Gasteiger partial charge in [-0.3, -0.25) is 13.9 Å². The van der Waals surface area contributed by atoms with Crippen LogP contribution in [0.4, 0.5) is 5.69 Å². The van der Waals surface area contributed by atoms with Crippen molar-refractivity contribution < 1.29 is 27.5 Å². The predicted octanol–water partition coefficient (Wildman–Crippen LogP) is 5.19. The number of sulfonamides is 1. The van der Waals surface area contributed by atoms with Gasteiger partial charge in [0.1, 0.15) is 24.1 Å². The third-order valence-corrected chi connectivity index (χ3v) is 8.92. The van der Waals surface area contributed by atoms with Crippen LogP contribution in [0.5, 0.6) is 11.5 Å². The maximum absolute atomic E-state index is 14.2. The Kier molecular flexibility index (Phi) is 11.6. The summed E-state index contributed by atoms with van der Waals surface area (Å²) in [4.78, 5) is 28.9. The molecule has 0 saturated carbocycles. The van der Waals surface area contributed by atoms with Crippen LogP contribution in [0.3, 0.4) is 0 Å². The highest BCUT2D eigenvalue weighted by Crippen LogP contribution is 2.36. The van der Waals surface area contributed by atoms with Gasteiger partial charge in [0.15, 0.2) is 0 Å². The van der Waals surface area contributed by atoms with Gasteiger partial charge in [-0.1, -0.05) is 61.3 Å². The minimum Gasteiger partial charge on any atom is -0.497 e. The summed E-state index contributed by atoms with van der Waals surface area (Å²) >= 11 is 6.45. The maximum Gasteiger partial charge on any atom is 0.264 e. The number of hydrogen-bond acceptors (Lipinski definition) is 6. The van der Waals surface area contributed by atoms with Crippen molar-refractivity contribution >= 4 is 39.1 Å². The number of anilines is 1. The summed E-state index contributed by atoms with van der Waals surface area (Å²) < 4.78 is 40.2. The molecule has 3 aromatic carbocycles. The van der Waals surface area contributed by atoms with Gasteiger partial charge in [0, 0.05) is 24.2 Å². The molecule has 11 heteroatoms. The van der Waals surface area contributed by atoms with Crippen LogP contribution in [0, 0.1) is 6.92 Å². The Hall–Kier alpha value is -3.76. The predicted molar refractivity (Wildman–Crippen MR) is 165 cm³/mol. The van der Waals surface area contributed by atoms with Crippen LogP contribution >= 0.6 is 11.6 Å². The number of nitrogens with zero attached hydrogens (tertiary/aromatic N) is 2. The number of halogens is 1.